The Kier molecular flexibility index (Phi) is 7.95. The van der Waals surface area contributed by atoms with Crippen molar-refractivity contribution < 1.29 is 36.1 Å². The van der Waals surface area contributed by atoms with Crippen molar-refractivity contribution in [1.29, 1.82) is 0 Å². The molecule has 6 aromatic rings. The first-order valence-electron chi connectivity index (χ1n) is 14.9. The highest BCUT2D eigenvalue weighted by Gasteiger charge is 2.29. The standard InChI is InChI=1S/C30H29N9O8/c1-14(2)22-30-38-21(13-47-30)29-37-18(12-46-29)26-33-16(8-42-26)23(40)32-15(6-4-5-7-31-3)25-35-20(10-44-25)28-36-19(11-45-28)27-34-17(9-43-27)24(41)39-22/h8-15,22,31H,4-7H2,1-3H3,(H,32,40)(H,39,41)/t15-,22-/m0/s1. The predicted molar refractivity (Wildman–Crippen MR) is 158 cm³/mol. The van der Waals surface area contributed by atoms with Crippen LogP contribution in [0.4, 0.5) is 0 Å². The van der Waals surface area contributed by atoms with Crippen LogP contribution in [0, 0.1) is 5.92 Å². The van der Waals surface area contributed by atoms with Gasteiger partial charge >= 0.3 is 0 Å². The van der Waals surface area contributed by atoms with E-state index in [-0.39, 0.29) is 75.4 Å². The summed E-state index contributed by atoms with van der Waals surface area (Å²) in [5.41, 5.74) is 1.07. The third kappa shape index (κ3) is 6.07. The summed E-state index contributed by atoms with van der Waals surface area (Å²) in [6, 6.07) is -1.23. The Morgan fingerprint density at radius 2 is 1.06 bits per heavy atom. The molecular formula is C30H29N9O8. The van der Waals surface area contributed by atoms with Crippen molar-refractivity contribution in [2.75, 3.05) is 13.6 Å². The summed E-state index contributed by atoms with van der Waals surface area (Å²) in [5.74, 6) is -0.292. The average molecular weight is 644 g/mol. The maximum absolute atomic E-state index is 13.3. The molecule has 0 spiro atoms. The van der Waals surface area contributed by atoms with Crippen LogP contribution in [0.3, 0.4) is 0 Å². The molecule has 1 aliphatic rings. The van der Waals surface area contributed by atoms with E-state index in [9.17, 15) is 9.59 Å². The smallest absolute Gasteiger partial charge is 0.273 e. The zero-order valence-electron chi connectivity index (χ0n) is 25.5. The van der Waals surface area contributed by atoms with Gasteiger partial charge in [-0.2, -0.15) is 0 Å². The van der Waals surface area contributed by atoms with Crippen molar-refractivity contribution >= 4 is 11.8 Å². The van der Waals surface area contributed by atoms with Gasteiger partial charge in [0.2, 0.25) is 35.3 Å². The molecular weight excluding hydrogens is 614 g/mol. The number of hydrogen-bond acceptors (Lipinski definition) is 15. The van der Waals surface area contributed by atoms with Gasteiger partial charge in [0.15, 0.2) is 34.2 Å². The van der Waals surface area contributed by atoms with Crippen LogP contribution in [0.25, 0.3) is 46.3 Å². The number of rotatable bonds is 6. The lowest BCUT2D eigenvalue weighted by molar-refractivity contribution is 0.0907. The molecule has 47 heavy (non-hydrogen) atoms. The van der Waals surface area contributed by atoms with Crippen molar-refractivity contribution in [2.45, 2.75) is 45.2 Å². The molecule has 3 N–H and O–H groups in total. The molecule has 0 fully saturated rings. The Balaban J connectivity index is 1.25. The lowest BCUT2D eigenvalue weighted by atomic mass is 10.0. The SMILES string of the molecule is CNCCCC[C@@H]1NC(=O)c2coc(n2)-c2coc(n2)-c2coc(n2)[C@H](C(C)C)NC(=O)c2coc(n2)-c2coc(n2)-c2coc1n2. The minimum atomic E-state index is -0.628. The predicted octanol–water partition coefficient (Wildman–Crippen LogP) is 4.58. The molecule has 0 saturated carbocycles. The van der Waals surface area contributed by atoms with Crippen LogP contribution in [0.2, 0.25) is 0 Å². The summed E-state index contributed by atoms with van der Waals surface area (Å²) in [5, 5.41) is 8.93. The molecule has 0 unspecified atom stereocenters. The van der Waals surface area contributed by atoms with Crippen LogP contribution >= 0.6 is 0 Å². The van der Waals surface area contributed by atoms with Crippen LogP contribution in [0.15, 0.2) is 64.1 Å². The van der Waals surface area contributed by atoms with E-state index in [4.69, 9.17) is 26.5 Å². The zero-order chi connectivity index (χ0) is 32.5. The third-order valence-electron chi connectivity index (χ3n) is 7.39. The minimum Gasteiger partial charge on any atom is -0.446 e. The zero-order valence-corrected chi connectivity index (χ0v) is 25.5. The second-order valence-corrected chi connectivity index (χ2v) is 11.1. The number of nitrogens with one attached hydrogen (secondary N) is 3. The fraction of sp³-hybridized carbons (Fsp3) is 0.333. The Morgan fingerprint density at radius 3 is 1.62 bits per heavy atom. The molecule has 6 aromatic heterocycles. The molecule has 2 atom stereocenters. The van der Waals surface area contributed by atoms with Gasteiger partial charge in [-0.05, 0) is 38.8 Å². The highest BCUT2D eigenvalue weighted by Crippen LogP contribution is 2.30. The number of nitrogens with zero attached hydrogens (tertiary/aromatic N) is 6. The molecule has 1 aliphatic heterocycles. The number of hydrogen-bond donors (Lipinski definition) is 3. The summed E-state index contributed by atoms with van der Waals surface area (Å²) in [4.78, 5) is 53.0. The van der Waals surface area contributed by atoms with Crippen molar-refractivity contribution in [1.82, 2.24) is 45.9 Å². The number of amides is 2. The molecule has 7 heterocycles. The van der Waals surface area contributed by atoms with E-state index < -0.39 is 23.9 Å². The van der Waals surface area contributed by atoms with Gasteiger partial charge in [0, 0.05) is 0 Å². The molecule has 12 bridgehead atoms. The molecule has 17 heteroatoms. The van der Waals surface area contributed by atoms with E-state index in [1.165, 1.54) is 37.6 Å². The highest BCUT2D eigenvalue weighted by molar-refractivity contribution is 5.93. The third-order valence-corrected chi connectivity index (χ3v) is 7.39. The van der Waals surface area contributed by atoms with Crippen LogP contribution < -0.4 is 16.0 Å². The fourth-order valence-corrected chi connectivity index (χ4v) is 4.91. The largest absolute Gasteiger partial charge is 0.446 e. The van der Waals surface area contributed by atoms with Gasteiger partial charge in [-0.15, -0.1) is 0 Å². The van der Waals surface area contributed by atoms with E-state index in [0.29, 0.717) is 6.42 Å². The number of aromatic nitrogens is 6. The second-order valence-electron chi connectivity index (χ2n) is 11.1. The highest BCUT2D eigenvalue weighted by atomic mass is 16.4. The lowest BCUT2D eigenvalue weighted by Crippen LogP contribution is -2.32. The van der Waals surface area contributed by atoms with E-state index >= 15 is 0 Å². The topological polar surface area (TPSA) is 226 Å². The van der Waals surface area contributed by atoms with Gasteiger partial charge in [-0.25, -0.2) is 29.9 Å². The summed E-state index contributed by atoms with van der Waals surface area (Å²) in [7, 11) is 1.87. The van der Waals surface area contributed by atoms with Gasteiger partial charge in [-0.1, -0.05) is 13.8 Å². The van der Waals surface area contributed by atoms with Crippen LogP contribution in [-0.2, 0) is 0 Å². The number of carbonyl (C=O) groups is 2. The molecule has 0 radical (unpaired) electrons. The van der Waals surface area contributed by atoms with Gasteiger partial charge in [0.25, 0.3) is 11.8 Å². The number of oxazole rings is 6. The Bertz CT molecular complexity index is 2010. The van der Waals surface area contributed by atoms with E-state index in [1.54, 1.807) is 0 Å². The second kappa shape index (κ2) is 12.5. The van der Waals surface area contributed by atoms with E-state index in [0.717, 1.165) is 19.4 Å². The Hall–Kier alpha value is -5.84. The number of unbranched alkanes of at least 4 members (excludes halogenated alkanes) is 1. The normalized spacial score (nSPS) is 16.6. The first kappa shape index (κ1) is 29.8. The van der Waals surface area contributed by atoms with Gasteiger partial charge < -0.3 is 42.5 Å². The van der Waals surface area contributed by atoms with Gasteiger partial charge in [-0.3, -0.25) is 9.59 Å². The molecule has 17 nitrogen and oxygen atoms in total. The van der Waals surface area contributed by atoms with Crippen LogP contribution in [-0.4, -0.2) is 55.3 Å². The monoisotopic (exact) mass is 643 g/mol. The lowest BCUT2D eigenvalue weighted by Gasteiger charge is -2.18. The molecule has 0 aliphatic carbocycles. The molecule has 0 saturated heterocycles. The quantitative estimate of drug-likeness (QED) is 0.211. The van der Waals surface area contributed by atoms with Crippen molar-refractivity contribution in [3.05, 3.63) is 60.7 Å². The summed E-state index contributed by atoms with van der Waals surface area (Å²) >= 11 is 0. The molecule has 242 valence electrons. The Morgan fingerprint density at radius 1 is 0.617 bits per heavy atom. The summed E-state index contributed by atoms with van der Waals surface area (Å²) in [6.45, 7) is 4.60. The van der Waals surface area contributed by atoms with E-state index in [2.05, 4.69) is 45.9 Å². The van der Waals surface area contributed by atoms with Crippen LogP contribution in [0.1, 0.15) is 78.0 Å². The maximum atomic E-state index is 13.3. The average Bonchev–Trinajstić information content (AvgIpc) is 3.90. The fourth-order valence-electron chi connectivity index (χ4n) is 4.91. The first-order valence-corrected chi connectivity index (χ1v) is 14.9. The molecule has 7 rings (SSSR count). The molecule has 2 amide bonds. The maximum Gasteiger partial charge on any atom is 0.273 e. The number of carbonyl (C=O) groups excluding carboxylic acids is 2. The first-order chi connectivity index (χ1) is 22.9. The summed E-state index contributed by atoms with van der Waals surface area (Å²) < 4.78 is 33.9. The molecule has 0 aromatic carbocycles. The van der Waals surface area contributed by atoms with Crippen molar-refractivity contribution in [3.63, 3.8) is 0 Å². The number of fused-ring (bicyclic) bond motifs is 16. The van der Waals surface area contributed by atoms with Crippen molar-refractivity contribution in [3.8, 4) is 46.3 Å². The van der Waals surface area contributed by atoms with E-state index in [1.807, 2.05) is 20.9 Å². The van der Waals surface area contributed by atoms with Gasteiger partial charge in [0.05, 0.1) is 0 Å². The van der Waals surface area contributed by atoms with Gasteiger partial charge in [0.1, 0.15) is 49.7 Å². The minimum absolute atomic E-state index is 0.0136. The van der Waals surface area contributed by atoms with Crippen LogP contribution in [0.5, 0.6) is 0 Å². The summed E-state index contributed by atoms with van der Waals surface area (Å²) in [6.07, 6.45) is 10.0. The van der Waals surface area contributed by atoms with Crippen molar-refractivity contribution in [2.24, 2.45) is 5.92 Å². The Labute approximate surface area is 265 Å².